The Labute approximate surface area is 212 Å². The molecule has 3 fully saturated rings. The molecule has 1 saturated carbocycles. The summed E-state index contributed by atoms with van der Waals surface area (Å²) in [4.78, 5) is 30.3. The van der Waals surface area contributed by atoms with E-state index in [1.54, 1.807) is 31.3 Å². The van der Waals surface area contributed by atoms with Gasteiger partial charge in [-0.1, -0.05) is 19.3 Å². The van der Waals surface area contributed by atoms with Gasteiger partial charge in [-0.3, -0.25) is 4.79 Å². The van der Waals surface area contributed by atoms with Crippen molar-refractivity contribution >= 4 is 29.6 Å². The molecule has 10 heteroatoms. The number of allylic oxidation sites excluding steroid dienone is 2. The van der Waals surface area contributed by atoms with Gasteiger partial charge in [-0.25, -0.2) is 9.98 Å². The molecule has 2 aromatic rings. The number of piperazine rings is 1. The number of amides is 1. The third kappa shape index (κ3) is 4.95. The van der Waals surface area contributed by atoms with Crippen molar-refractivity contribution < 1.29 is 4.79 Å². The van der Waals surface area contributed by atoms with Gasteiger partial charge in [0.2, 0.25) is 5.95 Å². The molecule has 4 N–H and O–H groups in total. The van der Waals surface area contributed by atoms with Crippen molar-refractivity contribution in [2.45, 2.75) is 63.1 Å². The molecule has 0 spiro atoms. The maximum atomic E-state index is 13.0. The summed E-state index contributed by atoms with van der Waals surface area (Å²) in [6.07, 6.45) is 13.5. The van der Waals surface area contributed by atoms with Crippen LogP contribution in [0.2, 0.25) is 0 Å². The Morgan fingerprint density at radius 3 is 2.58 bits per heavy atom. The molecule has 10 nitrogen and oxygen atoms in total. The minimum Gasteiger partial charge on any atom is -0.385 e. The average molecular weight is 492 g/mol. The molecule has 192 valence electrons. The predicted octanol–water partition coefficient (Wildman–Crippen LogP) is 2.83. The minimum atomic E-state index is -0.0246. The molecule has 2 saturated heterocycles. The van der Waals surface area contributed by atoms with Crippen LogP contribution in [0, 0.1) is 0 Å². The molecular weight excluding hydrogens is 454 g/mol. The Kier molecular flexibility index (Phi) is 6.95. The normalized spacial score (nSPS) is 23.2. The van der Waals surface area contributed by atoms with Crippen molar-refractivity contribution in [1.82, 2.24) is 29.7 Å². The Hall–Kier alpha value is -3.40. The van der Waals surface area contributed by atoms with Crippen LogP contribution in [0.5, 0.6) is 0 Å². The van der Waals surface area contributed by atoms with E-state index in [2.05, 4.69) is 36.8 Å². The van der Waals surface area contributed by atoms with Crippen LogP contribution < -0.4 is 16.4 Å². The van der Waals surface area contributed by atoms with E-state index in [-0.39, 0.29) is 11.9 Å². The van der Waals surface area contributed by atoms with E-state index >= 15 is 0 Å². The summed E-state index contributed by atoms with van der Waals surface area (Å²) in [7, 11) is 3.56. The van der Waals surface area contributed by atoms with Crippen molar-refractivity contribution in [1.29, 1.82) is 0 Å². The zero-order valence-corrected chi connectivity index (χ0v) is 21.3. The molecule has 2 aromatic heterocycles. The lowest BCUT2D eigenvalue weighted by atomic mass is 9.95. The van der Waals surface area contributed by atoms with E-state index in [9.17, 15) is 4.79 Å². The van der Waals surface area contributed by atoms with Crippen molar-refractivity contribution in [3.8, 4) is 0 Å². The van der Waals surface area contributed by atoms with Gasteiger partial charge in [0, 0.05) is 56.9 Å². The van der Waals surface area contributed by atoms with Gasteiger partial charge in [0.05, 0.1) is 0 Å². The third-order valence-corrected chi connectivity index (χ3v) is 7.51. The number of hydrogen-bond acceptors (Lipinski definition) is 8. The summed E-state index contributed by atoms with van der Waals surface area (Å²) in [6, 6.07) is 3.18. The average Bonchev–Trinajstić information content (AvgIpc) is 3.43. The number of nitrogens with one attached hydrogen (secondary N) is 2. The molecule has 1 amide bonds. The number of aromatic nitrogens is 3. The molecule has 2 bridgehead atoms. The molecule has 4 heterocycles. The topological polar surface area (TPSA) is 117 Å². The molecule has 2 aliphatic heterocycles. The fourth-order valence-electron chi connectivity index (χ4n) is 5.75. The second-order valence-electron chi connectivity index (χ2n) is 10.3. The summed E-state index contributed by atoms with van der Waals surface area (Å²) in [5.41, 5.74) is 7.71. The number of fused-ring (bicyclic) bond motifs is 3. The van der Waals surface area contributed by atoms with Gasteiger partial charge in [0.1, 0.15) is 23.0 Å². The number of anilines is 1. The van der Waals surface area contributed by atoms with E-state index in [1.165, 1.54) is 19.3 Å². The van der Waals surface area contributed by atoms with Gasteiger partial charge in [-0.2, -0.15) is 4.98 Å². The SMILES string of the molecule is C=N/C(=C\C=C(/N)Nc1ncc2cc(C(=O)N(C)C)n(C3CCCCC3)c2n1)N1CC2CCC(C1)N2. The number of nitrogens with two attached hydrogens (primary N) is 1. The Bertz CT molecular complexity index is 1180. The summed E-state index contributed by atoms with van der Waals surface area (Å²) in [6.45, 7) is 5.61. The molecule has 3 aliphatic rings. The quantitative estimate of drug-likeness (QED) is 0.403. The van der Waals surface area contributed by atoms with E-state index in [0.29, 0.717) is 29.5 Å². The lowest BCUT2D eigenvalue weighted by molar-refractivity contribution is 0.0813. The first-order valence-electron chi connectivity index (χ1n) is 12.9. The summed E-state index contributed by atoms with van der Waals surface area (Å²) in [5.74, 6) is 1.60. The van der Waals surface area contributed by atoms with E-state index in [4.69, 9.17) is 10.7 Å². The number of hydrogen-bond donors (Lipinski definition) is 3. The molecule has 2 atom stereocenters. The van der Waals surface area contributed by atoms with Gasteiger partial charge >= 0.3 is 0 Å². The minimum absolute atomic E-state index is 0.0246. The van der Waals surface area contributed by atoms with Crippen molar-refractivity contribution in [2.75, 3.05) is 32.5 Å². The van der Waals surface area contributed by atoms with E-state index in [0.717, 1.165) is 55.6 Å². The molecule has 2 unspecified atom stereocenters. The highest BCUT2D eigenvalue weighted by Gasteiger charge is 2.32. The molecule has 1 aliphatic carbocycles. The zero-order valence-electron chi connectivity index (χ0n) is 21.3. The van der Waals surface area contributed by atoms with Gasteiger partial charge < -0.3 is 30.7 Å². The Morgan fingerprint density at radius 1 is 1.19 bits per heavy atom. The van der Waals surface area contributed by atoms with E-state index < -0.39 is 0 Å². The van der Waals surface area contributed by atoms with Crippen LogP contribution in [0.15, 0.2) is 41.0 Å². The lowest BCUT2D eigenvalue weighted by Gasteiger charge is -2.34. The highest BCUT2D eigenvalue weighted by molar-refractivity contribution is 5.97. The first-order chi connectivity index (χ1) is 17.4. The van der Waals surface area contributed by atoms with Crippen LogP contribution >= 0.6 is 0 Å². The van der Waals surface area contributed by atoms with Crippen LogP contribution in [0.3, 0.4) is 0 Å². The molecular formula is C26H37N9O. The van der Waals surface area contributed by atoms with Crippen LogP contribution in [0.25, 0.3) is 11.0 Å². The number of rotatable bonds is 7. The van der Waals surface area contributed by atoms with Crippen LogP contribution in [0.1, 0.15) is 61.5 Å². The fourth-order valence-corrected chi connectivity index (χ4v) is 5.75. The first-order valence-corrected chi connectivity index (χ1v) is 12.9. The second-order valence-corrected chi connectivity index (χ2v) is 10.3. The summed E-state index contributed by atoms with van der Waals surface area (Å²) in [5, 5.41) is 7.59. The second kappa shape index (κ2) is 10.3. The largest absolute Gasteiger partial charge is 0.385 e. The van der Waals surface area contributed by atoms with Gasteiger partial charge in [-0.15, -0.1) is 0 Å². The monoisotopic (exact) mass is 491 g/mol. The number of likely N-dealkylation sites (tertiary alicyclic amines) is 1. The number of carbonyl (C=O) groups is 1. The van der Waals surface area contributed by atoms with Crippen molar-refractivity contribution in [2.24, 2.45) is 10.7 Å². The number of aliphatic imine (C=N–C) groups is 1. The summed E-state index contributed by atoms with van der Waals surface area (Å²) < 4.78 is 2.11. The first kappa shape index (κ1) is 24.3. The fraction of sp³-hybridized carbons (Fsp3) is 0.538. The standard InChI is InChI=1S/C26H37N9O/c1-28-23(34-15-18-9-10-19(16-34)30-18)12-11-22(27)31-26-29-14-17-13-21(25(36)33(2)3)35(24(17)32-26)20-7-5-4-6-8-20/h11-14,18-20,30H,1,4-10,15-16,27H2,2-3H3,(H,29,31,32)/b22-11+,23-12+. The lowest BCUT2D eigenvalue weighted by Crippen LogP contribution is -2.50. The third-order valence-electron chi connectivity index (χ3n) is 7.51. The highest BCUT2D eigenvalue weighted by Crippen LogP contribution is 2.33. The molecule has 0 aromatic carbocycles. The molecule has 0 radical (unpaired) electrons. The van der Waals surface area contributed by atoms with Gasteiger partial charge in [0.15, 0.2) is 0 Å². The van der Waals surface area contributed by atoms with Crippen LogP contribution in [-0.2, 0) is 0 Å². The molecule has 36 heavy (non-hydrogen) atoms. The molecule has 5 rings (SSSR count). The van der Waals surface area contributed by atoms with Crippen LogP contribution in [-0.4, -0.2) is 76.2 Å². The maximum Gasteiger partial charge on any atom is 0.270 e. The smallest absolute Gasteiger partial charge is 0.270 e. The van der Waals surface area contributed by atoms with Gasteiger partial charge in [-0.05, 0) is 50.6 Å². The zero-order chi connectivity index (χ0) is 25.2. The highest BCUT2D eigenvalue weighted by atomic mass is 16.2. The number of nitrogens with zero attached hydrogens (tertiary/aromatic N) is 6. The summed E-state index contributed by atoms with van der Waals surface area (Å²) >= 11 is 0. The van der Waals surface area contributed by atoms with Crippen molar-refractivity contribution in [3.05, 3.63) is 41.8 Å². The Balaban J connectivity index is 1.39. The maximum absolute atomic E-state index is 13.0. The number of carbonyl (C=O) groups excluding carboxylic acids is 1. The van der Waals surface area contributed by atoms with Gasteiger partial charge in [0.25, 0.3) is 5.91 Å². The Morgan fingerprint density at radius 2 is 1.92 bits per heavy atom. The van der Waals surface area contributed by atoms with E-state index in [1.807, 2.05) is 12.1 Å². The van der Waals surface area contributed by atoms with Crippen molar-refractivity contribution in [3.63, 3.8) is 0 Å². The predicted molar refractivity (Wildman–Crippen MR) is 143 cm³/mol. The van der Waals surface area contributed by atoms with Crippen LogP contribution in [0.4, 0.5) is 5.95 Å².